The third-order valence-electron chi connectivity index (χ3n) is 3.41. The fraction of sp³-hybridized carbons (Fsp3) is 0.333. The smallest absolute Gasteiger partial charge is 0.0953 e. The van der Waals surface area contributed by atoms with Crippen LogP contribution in [0.2, 0.25) is 0 Å². The number of hydrogen-bond acceptors (Lipinski definition) is 3. The summed E-state index contributed by atoms with van der Waals surface area (Å²) in [7, 11) is 1.98. The molecule has 0 radical (unpaired) electrons. The zero-order valence-corrected chi connectivity index (χ0v) is 11.9. The van der Waals surface area contributed by atoms with Crippen molar-refractivity contribution >= 4 is 10.9 Å². The molecular formula is C15H19N5. The highest BCUT2D eigenvalue weighted by molar-refractivity contribution is 5.81. The number of hydrogen-bond donors (Lipinski definition) is 1. The van der Waals surface area contributed by atoms with Crippen LogP contribution in [0.15, 0.2) is 36.8 Å². The summed E-state index contributed by atoms with van der Waals surface area (Å²) in [4.78, 5) is 4.40. The minimum absolute atomic E-state index is 0.750. The van der Waals surface area contributed by atoms with Crippen molar-refractivity contribution in [3.63, 3.8) is 0 Å². The Bertz CT molecular complexity index is 710. The van der Waals surface area contributed by atoms with Crippen molar-refractivity contribution in [1.29, 1.82) is 0 Å². The van der Waals surface area contributed by atoms with Gasteiger partial charge in [0.2, 0.25) is 0 Å². The fourth-order valence-electron chi connectivity index (χ4n) is 2.42. The molecule has 0 unspecified atom stereocenters. The van der Waals surface area contributed by atoms with Gasteiger partial charge in [-0.3, -0.25) is 4.68 Å². The molecular weight excluding hydrogens is 250 g/mol. The second-order valence-corrected chi connectivity index (χ2v) is 4.91. The topological polar surface area (TPSA) is 47.7 Å². The molecule has 0 bridgehead atoms. The molecule has 3 rings (SSSR count). The molecule has 2 heterocycles. The van der Waals surface area contributed by atoms with Crippen molar-refractivity contribution in [2.45, 2.75) is 20.0 Å². The van der Waals surface area contributed by atoms with Crippen LogP contribution in [0.1, 0.15) is 18.3 Å². The highest BCUT2D eigenvalue weighted by atomic mass is 15.3. The summed E-state index contributed by atoms with van der Waals surface area (Å²) in [6.45, 7) is 4.61. The van der Waals surface area contributed by atoms with Gasteiger partial charge in [0.15, 0.2) is 0 Å². The standard InChI is InChI=1S/C15H19N5/c1-3-16-8-12-9-20(11-17-12)10-14-13-6-4-5-7-15(13)19(2)18-14/h4-7,9,11,16H,3,8,10H2,1-2H3. The zero-order valence-electron chi connectivity index (χ0n) is 11.9. The number of aromatic nitrogens is 4. The Balaban J connectivity index is 1.84. The highest BCUT2D eigenvalue weighted by Crippen LogP contribution is 2.18. The van der Waals surface area contributed by atoms with Crippen molar-refractivity contribution < 1.29 is 0 Å². The lowest BCUT2D eigenvalue weighted by Gasteiger charge is -1.99. The first-order chi connectivity index (χ1) is 9.78. The average molecular weight is 269 g/mol. The second-order valence-electron chi connectivity index (χ2n) is 4.91. The van der Waals surface area contributed by atoms with E-state index in [1.54, 1.807) is 0 Å². The number of fused-ring (bicyclic) bond motifs is 1. The van der Waals surface area contributed by atoms with Crippen LogP contribution in [-0.4, -0.2) is 25.9 Å². The van der Waals surface area contributed by atoms with Gasteiger partial charge in [0, 0.05) is 25.2 Å². The van der Waals surface area contributed by atoms with Gasteiger partial charge in [0.25, 0.3) is 0 Å². The first kappa shape index (κ1) is 12.9. The SMILES string of the molecule is CCNCc1cn(Cc2nn(C)c3ccccc23)cn1. The summed E-state index contributed by atoms with van der Waals surface area (Å²) in [6, 6.07) is 8.31. The van der Waals surface area contributed by atoms with Gasteiger partial charge in [0.05, 0.1) is 29.8 Å². The lowest BCUT2D eigenvalue weighted by Crippen LogP contribution is -2.11. The molecule has 5 heteroatoms. The predicted octanol–water partition coefficient (Wildman–Crippen LogP) is 1.93. The number of nitrogens with zero attached hydrogens (tertiary/aromatic N) is 4. The van der Waals surface area contributed by atoms with Crippen LogP contribution < -0.4 is 5.32 Å². The molecule has 2 aromatic heterocycles. The number of nitrogens with one attached hydrogen (secondary N) is 1. The lowest BCUT2D eigenvalue weighted by molar-refractivity contribution is 0.706. The molecule has 0 amide bonds. The first-order valence-corrected chi connectivity index (χ1v) is 6.90. The van der Waals surface area contributed by atoms with E-state index < -0.39 is 0 Å². The van der Waals surface area contributed by atoms with Gasteiger partial charge in [-0.25, -0.2) is 4.98 Å². The molecule has 20 heavy (non-hydrogen) atoms. The van der Waals surface area contributed by atoms with Crippen LogP contribution in [0.3, 0.4) is 0 Å². The Kier molecular flexibility index (Phi) is 3.52. The maximum absolute atomic E-state index is 4.61. The molecule has 3 aromatic rings. The zero-order chi connectivity index (χ0) is 13.9. The Hall–Kier alpha value is -2.14. The molecule has 0 aliphatic carbocycles. The maximum Gasteiger partial charge on any atom is 0.0953 e. The number of benzene rings is 1. The van der Waals surface area contributed by atoms with Crippen molar-refractivity contribution in [3.05, 3.63) is 48.2 Å². The molecule has 0 fully saturated rings. The number of aryl methyl sites for hydroxylation is 1. The van der Waals surface area contributed by atoms with Crippen molar-refractivity contribution in [2.24, 2.45) is 7.05 Å². The van der Waals surface area contributed by atoms with E-state index in [2.05, 4.69) is 51.3 Å². The van der Waals surface area contributed by atoms with Crippen molar-refractivity contribution in [3.8, 4) is 0 Å². The molecule has 0 saturated heterocycles. The van der Waals surface area contributed by atoms with E-state index in [0.29, 0.717) is 0 Å². The second kappa shape index (κ2) is 5.46. The summed E-state index contributed by atoms with van der Waals surface area (Å²) < 4.78 is 4.02. The Morgan fingerprint density at radius 3 is 2.95 bits per heavy atom. The molecule has 0 aliphatic heterocycles. The van der Waals surface area contributed by atoms with Crippen LogP contribution in [0, 0.1) is 0 Å². The highest BCUT2D eigenvalue weighted by Gasteiger charge is 2.08. The summed E-state index contributed by atoms with van der Waals surface area (Å²) in [5, 5.41) is 9.09. The molecule has 1 N–H and O–H groups in total. The third-order valence-corrected chi connectivity index (χ3v) is 3.41. The van der Waals surface area contributed by atoms with Gasteiger partial charge in [-0.2, -0.15) is 5.10 Å². The lowest BCUT2D eigenvalue weighted by atomic mass is 10.2. The van der Waals surface area contributed by atoms with E-state index in [0.717, 1.165) is 36.5 Å². The average Bonchev–Trinajstić information content (AvgIpc) is 3.03. The van der Waals surface area contributed by atoms with Crippen molar-refractivity contribution in [2.75, 3.05) is 6.54 Å². The number of rotatable bonds is 5. The van der Waals surface area contributed by atoms with Gasteiger partial charge in [0.1, 0.15) is 0 Å². The van der Waals surface area contributed by atoms with Crippen LogP contribution >= 0.6 is 0 Å². The van der Waals surface area contributed by atoms with Crippen LogP contribution in [-0.2, 0) is 20.1 Å². The number of para-hydroxylation sites is 1. The van der Waals surface area contributed by atoms with E-state index in [1.807, 2.05) is 24.1 Å². The third kappa shape index (κ3) is 2.44. The largest absolute Gasteiger partial charge is 0.331 e. The van der Waals surface area contributed by atoms with Crippen LogP contribution in [0.4, 0.5) is 0 Å². The Morgan fingerprint density at radius 1 is 1.25 bits per heavy atom. The summed E-state index contributed by atoms with van der Waals surface area (Å²) >= 11 is 0. The maximum atomic E-state index is 4.61. The van der Waals surface area contributed by atoms with Gasteiger partial charge < -0.3 is 9.88 Å². The first-order valence-electron chi connectivity index (χ1n) is 6.90. The van der Waals surface area contributed by atoms with Gasteiger partial charge in [-0.05, 0) is 12.6 Å². The minimum Gasteiger partial charge on any atom is -0.331 e. The Morgan fingerprint density at radius 2 is 2.10 bits per heavy atom. The molecule has 0 spiro atoms. The molecule has 104 valence electrons. The molecule has 1 aromatic carbocycles. The van der Waals surface area contributed by atoms with Gasteiger partial charge in [-0.15, -0.1) is 0 Å². The van der Waals surface area contributed by atoms with E-state index in [4.69, 9.17) is 0 Å². The molecule has 0 saturated carbocycles. The minimum atomic E-state index is 0.750. The van der Waals surface area contributed by atoms with E-state index in [-0.39, 0.29) is 0 Å². The van der Waals surface area contributed by atoms with Crippen LogP contribution in [0.25, 0.3) is 10.9 Å². The van der Waals surface area contributed by atoms with Crippen LogP contribution in [0.5, 0.6) is 0 Å². The predicted molar refractivity (Wildman–Crippen MR) is 79.4 cm³/mol. The molecule has 0 aliphatic rings. The Labute approximate surface area is 118 Å². The monoisotopic (exact) mass is 269 g/mol. The fourth-order valence-corrected chi connectivity index (χ4v) is 2.42. The van der Waals surface area contributed by atoms with Gasteiger partial charge >= 0.3 is 0 Å². The normalized spacial score (nSPS) is 11.3. The molecule has 0 atom stereocenters. The van der Waals surface area contributed by atoms with E-state index in [9.17, 15) is 0 Å². The summed E-state index contributed by atoms with van der Waals surface area (Å²) in [5.74, 6) is 0. The molecule has 5 nitrogen and oxygen atoms in total. The van der Waals surface area contributed by atoms with Crippen molar-refractivity contribution in [1.82, 2.24) is 24.6 Å². The summed E-state index contributed by atoms with van der Waals surface area (Å²) in [5.41, 5.74) is 3.30. The van der Waals surface area contributed by atoms with E-state index in [1.165, 1.54) is 5.39 Å². The van der Waals surface area contributed by atoms with E-state index >= 15 is 0 Å². The quantitative estimate of drug-likeness (QED) is 0.770. The van der Waals surface area contributed by atoms with Gasteiger partial charge in [-0.1, -0.05) is 25.1 Å². The summed E-state index contributed by atoms with van der Waals surface area (Å²) in [6.07, 6.45) is 3.95. The number of imidazole rings is 1.